The largest absolute Gasteiger partial charge is 0.361 e. The summed E-state index contributed by atoms with van der Waals surface area (Å²) in [6, 6.07) is 4.07. The van der Waals surface area contributed by atoms with E-state index in [1.807, 2.05) is 18.5 Å². The topological polar surface area (TPSA) is 46.3 Å². The highest BCUT2D eigenvalue weighted by molar-refractivity contribution is 7.99. The van der Waals surface area contributed by atoms with Crippen LogP contribution in [0.5, 0.6) is 0 Å². The molecule has 2 aromatic rings. The lowest BCUT2D eigenvalue weighted by Gasteiger charge is -2.16. The maximum absolute atomic E-state index is 12.2. The van der Waals surface area contributed by atoms with Crippen LogP contribution in [0.1, 0.15) is 34.7 Å². The number of fused-ring (bicyclic) bond motifs is 1. The van der Waals surface area contributed by atoms with Crippen LogP contribution in [0.2, 0.25) is 0 Å². The number of aryl methyl sites for hydroxylation is 1. The molecule has 0 bridgehead atoms. The van der Waals surface area contributed by atoms with Crippen molar-refractivity contribution >= 4 is 29.0 Å². The predicted molar refractivity (Wildman–Crippen MR) is 90.1 cm³/mol. The van der Waals surface area contributed by atoms with Crippen LogP contribution < -0.4 is 0 Å². The Labute approximate surface area is 138 Å². The Balaban J connectivity index is 1.46. The number of thioether (sulfide) groups is 1. The zero-order chi connectivity index (χ0) is 15.4. The lowest BCUT2D eigenvalue weighted by molar-refractivity contribution is -0.127. The van der Waals surface area contributed by atoms with E-state index in [0.717, 1.165) is 30.0 Å². The van der Waals surface area contributed by atoms with Gasteiger partial charge in [-0.1, -0.05) is 11.2 Å². The first-order valence-electron chi connectivity index (χ1n) is 7.54. The maximum atomic E-state index is 12.2. The van der Waals surface area contributed by atoms with Crippen LogP contribution in [-0.2, 0) is 29.9 Å². The van der Waals surface area contributed by atoms with Gasteiger partial charge < -0.3 is 9.42 Å². The third-order valence-corrected chi connectivity index (χ3v) is 5.68. The van der Waals surface area contributed by atoms with Crippen molar-refractivity contribution in [1.29, 1.82) is 0 Å². The van der Waals surface area contributed by atoms with Crippen LogP contribution >= 0.6 is 23.1 Å². The molecule has 0 radical (unpaired) electrons. The fourth-order valence-corrected chi connectivity index (χ4v) is 4.31. The maximum Gasteiger partial charge on any atom is 0.232 e. The van der Waals surface area contributed by atoms with Gasteiger partial charge in [0, 0.05) is 29.7 Å². The van der Waals surface area contributed by atoms with Crippen molar-refractivity contribution in [2.75, 3.05) is 12.8 Å². The van der Waals surface area contributed by atoms with Gasteiger partial charge in [-0.05, 0) is 30.7 Å². The number of hydrogen-bond acceptors (Lipinski definition) is 5. The quantitative estimate of drug-likeness (QED) is 0.810. The molecule has 2 aromatic heterocycles. The second kappa shape index (κ2) is 7.33. The van der Waals surface area contributed by atoms with E-state index in [2.05, 4.69) is 11.2 Å². The smallest absolute Gasteiger partial charge is 0.232 e. The van der Waals surface area contributed by atoms with Gasteiger partial charge in [0.2, 0.25) is 5.91 Å². The molecule has 1 aliphatic rings. The number of rotatable bonds is 6. The normalized spacial score (nSPS) is 13.9. The summed E-state index contributed by atoms with van der Waals surface area (Å²) in [7, 11) is 1.86. The molecule has 0 N–H and O–H groups in total. The second-order valence-corrected chi connectivity index (χ2v) is 7.58. The summed E-state index contributed by atoms with van der Waals surface area (Å²) in [4.78, 5) is 15.2. The van der Waals surface area contributed by atoms with Gasteiger partial charge in [-0.25, -0.2) is 0 Å². The highest BCUT2D eigenvalue weighted by Crippen LogP contribution is 2.26. The van der Waals surface area contributed by atoms with Crippen LogP contribution in [-0.4, -0.2) is 28.8 Å². The van der Waals surface area contributed by atoms with E-state index >= 15 is 0 Å². The number of hydrogen-bond donors (Lipinski definition) is 0. The third kappa shape index (κ3) is 3.73. The first-order valence-corrected chi connectivity index (χ1v) is 9.58. The molecule has 0 saturated heterocycles. The SMILES string of the molecule is CN(Cc1cccs1)C(=O)CSCc1noc2c1CCCC2. The van der Waals surface area contributed by atoms with E-state index in [0.29, 0.717) is 12.3 Å². The number of nitrogens with zero attached hydrogens (tertiary/aromatic N) is 2. The number of carbonyl (C=O) groups excluding carboxylic acids is 1. The summed E-state index contributed by atoms with van der Waals surface area (Å²) in [5.74, 6) is 2.47. The van der Waals surface area contributed by atoms with Crippen LogP contribution in [0, 0.1) is 0 Å². The molecule has 0 aliphatic heterocycles. The van der Waals surface area contributed by atoms with Crippen molar-refractivity contribution in [3.8, 4) is 0 Å². The van der Waals surface area contributed by atoms with Crippen molar-refractivity contribution in [3.63, 3.8) is 0 Å². The summed E-state index contributed by atoms with van der Waals surface area (Å²) >= 11 is 3.31. The van der Waals surface area contributed by atoms with Gasteiger partial charge in [0.15, 0.2) is 0 Å². The number of amides is 1. The van der Waals surface area contributed by atoms with Crippen molar-refractivity contribution in [2.24, 2.45) is 0 Å². The first kappa shape index (κ1) is 15.6. The lowest BCUT2D eigenvalue weighted by atomic mass is 9.97. The molecule has 0 saturated carbocycles. The summed E-state index contributed by atoms with van der Waals surface area (Å²) in [6.45, 7) is 0.691. The van der Waals surface area contributed by atoms with Crippen molar-refractivity contribution < 1.29 is 9.32 Å². The molecular formula is C16H20N2O2S2. The third-order valence-electron chi connectivity index (χ3n) is 3.89. The standard InChI is InChI=1S/C16H20N2O2S2/c1-18(9-12-5-4-8-22-12)16(19)11-21-10-14-13-6-2-3-7-15(13)20-17-14/h4-5,8H,2-3,6-7,9-11H2,1H3. The Morgan fingerprint density at radius 3 is 3.14 bits per heavy atom. The molecule has 0 atom stereocenters. The predicted octanol–water partition coefficient (Wildman–Crippen LogP) is 3.51. The number of aromatic nitrogens is 1. The van der Waals surface area contributed by atoms with Gasteiger partial charge in [0.1, 0.15) is 5.76 Å². The highest BCUT2D eigenvalue weighted by Gasteiger charge is 2.19. The molecule has 0 aromatic carbocycles. The van der Waals surface area contributed by atoms with E-state index in [4.69, 9.17) is 4.52 Å². The zero-order valence-corrected chi connectivity index (χ0v) is 14.3. The number of carbonyl (C=O) groups is 1. The van der Waals surface area contributed by atoms with Gasteiger partial charge in [0.25, 0.3) is 0 Å². The Morgan fingerprint density at radius 1 is 1.45 bits per heavy atom. The highest BCUT2D eigenvalue weighted by atomic mass is 32.2. The molecule has 22 heavy (non-hydrogen) atoms. The Morgan fingerprint density at radius 2 is 2.32 bits per heavy atom. The van der Waals surface area contributed by atoms with Crippen LogP contribution in [0.25, 0.3) is 0 Å². The van der Waals surface area contributed by atoms with Gasteiger partial charge in [-0.15, -0.1) is 23.1 Å². The lowest BCUT2D eigenvalue weighted by Crippen LogP contribution is -2.27. The minimum absolute atomic E-state index is 0.163. The Bertz CT molecular complexity index is 622. The molecule has 0 spiro atoms. The molecular weight excluding hydrogens is 316 g/mol. The fraction of sp³-hybridized carbons (Fsp3) is 0.500. The molecule has 0 fully saturated rings. The molecule has 0 unspecified atom stereocenters. The zero-order valence-electron chi connectivity index (χ0n) is 12.7. The van der Waals surface area contributed by atoms with E-state index in [1.54, 1.807) is 28.0 Å². The average molecular weight is 336 g/mol. The average Bonchev–Trinajstić information content (AvgIpc) is 3.17. The molecule has 3 rings (SSSR count). The number of thiophene rings is 1. The summed E-state index contributed by atoms with van der Waals surface area (Å²) in [6.07, 6.45) is 4.49. The van der Waals surface area contributed by atoms with Crippen molar-refractivity contribution in [1.82, 2.24) is 10.1 Å². The fourth-order valence-electron chi connectivity index (χ4n) is 2.63. The minimum atomic E-state index is 0.163. The summed E-state index contributed by atoms with van der Waals surface area (Å²) < 4.78 is 5.40. The van der Waals surface area contributed by atoms with Crippen molar-refractivity contribution in [3.05, 3.63) is 39.4 Å². The molecule has 6 heteroatoms. The summed E-state index contributed by atoms with van der Waals surface area (Å²) in [5, 5.41) is 6.22. The first-order chi connectivity index (χ1) is 10.7. The molecule has 118 valence electrons. The minimum Gasteiger partial charge on any atom is -0.361 e. The van der Waals surface area contributed by atoms with Crippen molar-refractivity contribution in [2.45, 2.75) is 38.0 Å². The monoisotopic (exact) mass is 336 g/mol. The van der Waals surface area contributed by atoms with E-state index in [1.165, 1.54) is 23.3 Å². The molecule has 2 heterocycles. The Kier molecular flexibility index (Phi) is 5.20. The van der Waals surface area contributed by atoms with Gasteiger partial charge in [0.05, 0.1) is 18.0 Å². The van der Waals surface area contributed by atoms with E-state index in [-0.39, 0.29) is 5.91 Å². The van der Waals surface area contributed by atoms with E-state index < -0.39 is 0 Å². The van der Waals surface area contributed by atoms with Crippen LogP contribution in [0.15, 0.2) is 22.0 Å². The van der Waals surface area contributed by atoms with Crippen LogP contribution in [0.4, 0.5) is 0 Å². The van der Waals surface area contributed by atoms with Gasteiger partial charge >= 0.3 is 0 Å². The van der Waals surface area contributed by atoms with Gasteiger partial charge in [-0.2, -0.15) is 0 Å². The molecule has 1 aliphatic carbocycles. The molecule has 1 amide bonds. The Hall–Kier alpha value is -1.27. The molecule has 4 nitrogen and oxygen atoms in total. The summed E-state index contributed by atoms with van der Waals surface area (Å²) in [5.41, 5.74) is 2.33. The second-order valence-electron chi connectivity index (χ2n) is 5.56. The van der Waals surface area contributed by atoms with E-state index in [9.17, 15) is 4.79 Å². The van der Waals surface area contributed by atoms with Crippen LogP contribution in [0.3, 0.4) is 0 Å². The van der Waals surface area contributed by atoms with Gasteiger partial charge in [-0.3, -0.25) is 4.79 Å².